The van der Waals surface area contributed by atoms with Gasteiger partial charge in [-0.05, 0) is 93.2 Å². The number of ether oxygens (including phenoxy) is 2. The van der Waals surface area contributed by atoms with Crippen LogP contribution in [0.3, 0.4) is 0 Å². The number of pyridine rings is 1. The summed E-state index contributed by atoms with van der Waals surface area (Å²) in [5.74, 6) is -1.11. The van der Waals surface area contributed by atoms with Crippen LogP contribution in [0.2, 0.25) is 0 Å². The minimum Gasteiger partial charge on any atom is -0.508 e. The summed E-state index contributed by atoms with van der Waals surface area (Å²) in [6, 6.07) is 5.47. The van der Waals surface area contributed by atoms with Crippen molar-refractivity contribution in [1.82, 2.24) is 19.9 Å². The molecule has 13 heteroatoms. The zero-order valence-corrected chi connectivity index (χ0v) is 27.8. The van der Waals surface area contributed by atoms with Crippen molar-refractivity contribution in [2.45, 2.75) is 64.8 Å². The van der Waals surface area contributed by atoms with Crippen molar-refractivity contribution in [3.05, 3.63) is 47.7 Å². The van der Waals surface area contributed by atoms with E-state index in [2.05, 4.69) is 19.6 Å². The maximum atomic E-state index is 16.8. The fourth-order valence-corrected chi connectivity index (χ4v) is 7.04. The first kappa shape index (κ1) is 35.0. The maximum absolute atomic E-state index is 16.8. The number of carbonyl (C=O) groups is 1. The Bertz CT molecular complexity index is 1760. The van der Waals surface area contributed by atoms with E-state index in [1.165, 1.54) is 30.5 Å². The molecule has 258 valence electrons. The van der Waals surface area contributed by atoms with Gasteiger partial charge in [0.25, 0.3) is 0 Å². The second-order valence-corrected chi connectivity index (χ2v) is 11.9. The van der Waals surface area contributed by atoms with E-state index in [1.54, 1.807) is 0 Å². The first-order valence-electron chi connectivity index (χ1n) is 16.7. The number of rotatable bonds is 12. The van der Waals surface area contributed by atoms with E-state index in [4.69, 9.17) is 20.6 Å². The first-order valence-corrected chi connectivity index (χ1v) is 16.7. The molecule has 2 saturated heterocycles. The zero-order chi connectivity index (χ0) is 34.4. The number of carboxylic acid groups (broad SMARTS) is 1. The van der Waals surface area contributed by atoms with E-state index < -0.39 is 17.8 Å². The molecule has 0 bridgehead atoms. The molecule has 2 aromatic carbocycles. The fraction of sp³-hybridized carbons (Fsp3) is 0.486. The van der Waals surface area contributed by atoms with E-state index in [0.29, 0.717) is 49.3 Å². The summed E-state index contributed by atoms with van der Waals surface area (Å²) in [6.45, 7) is 9.74. The Morgan fingerprint density at radius 1 is 1.15 bits per heavy atom. The third-order valence-electron chi connectivity index (χ3n) is 9.22. The van der Waals surface area contributed by atoms with Crippen LogP contribution in [0.1, 0.15) is 58.4 Å². The molecule has 0 atom stereocenters. The van der Waals surface area contributed by atoms with Gasteiger partial charge in [0.05, 0.1) is 17.5 Å². The molecule has 11 nitrogen and oxygen atoms in total. The summed E-state index contributed by atoms with van der Waals surface area (Å²) in [5.41, 5.74) is 5.79. The summed E-state index contributed by atoms with van der Waals surface area (Å²) in [5, 5.41) is 20.6. The van der Waals surface area contributed by atoms with Crippen LogP contribution in [0.5, 0.6) is 11.8 Å². The number of fused-ring (bicyclic) bond motifs is 3. The second-order valence-electron chi connectivity index (χ2n) is 11.9. The SMILES string of the molecule is CC.CCN(CCCN)c1nc(OCC23CCCN2CCC3)nc2c(F)c(-c3cc(O)cc4ccc(F)c(CCOC(=O)O)c34)ncc12. The molecule has 0 saturated carbocycles. The molecule has 0 aliphatic carbocycles. The second kappa shape index (κ2) is 15.2. The van der Waals surface area contributed by atoms with Crippen molar-refractivity contribution in [1.29, 1.82) is 0 Å². The summed E-state index contributed by atoms with van der Waals surface area (Å²) < 4.78 is 42.9. The third kappa shape index (κ3) is 6.93. The normalized spacial score (nSPS) is 15.3. The predicted octanol–water partition coefficient (Wildman–Crippen LogP) is 6.27. The molecule has 4 N–H and O–H groups in total. The highest BCUT2D eigenvalue weighted by molar-refractivity contribution is 6.01. The summed E-state index contributed by atoms with van der Waals surface area (Å²) in [7, 11) is 0. The third-order valence-corrected chi connectivity index (χ3v) is 9.22. The topological polar surface area (TPSA) is 147 Å². The Morgan fingerprint density at radius 2 is 1.90 bits per heavy atom. The van der Waals surface area contributed by atoms with Gasteiger partial charge < -0.3 is 30.3 Å². The Labute approximate surface area is 278 Å². The van der Waals surface area contributed by atoms with Crippen LogP contribution in [-0.2, 0) is 11.2 Å². The van der Waals surface area contributed by atoms with Gasteiger partial charge in [-0.15, -0.1) is 0 Å². The minimum absolute atomic E-state index is 0.0212. The Hall–Kier alpha value is -4.36. The molecular formula is C35H44F2N6O5. The number of nitrogens with two attached hydrogens (primary N) is 1. The standard InChI is InChI=1S/C33H38F2N6O5.C2H6/c1-2-40(12-5-11-36)30-24-18-37-28(23-17-21(42)16-20-6-7-25(34)22(26(20)23)8-15-45-32(43)44)27(35)29(24)38-31(39-30)46-19-33-9-3-13-41(33)14-4-10-33;1-2/h6-7,16-18,42H,2-5,8-15,19,36H2,1H3,(H,43,44);1-2H3. The maximum Gasteiger partial charge on any atom is 0.505 e. The fourth-order valence-electron chi connectivity index (χ4n) is 7.04. The monoisotopic (exact) mass is 666 g/mol. The number of anilines is 1. The molecule has 0 unspecified atom stereocenters. The van der Waals surface area contributed by atoms with Crippen LogP contribution in [0.25, 0.3) is 32.9 Å². The highest BCUT2D eigenvalue weighted by atomic mass is 19.1. The van der Waals surface area contributed by atoms with Crippen molar-refractivity contribution in [3.8, 4) is 23.0 Å². The van der Waals surface area contributed by atoms with Crippen molar-refractivity contribution >= 4 is 33.6 Å². The number of nitrogens with zero attached hydrogens (tertiary/aromatic N) is 5. The summed E-state index contributed by atoms with van der Waals surface area (Å²) >= 11 is 0. The largest absolute Gasteiger partial charge is 0.508 e. The van der Waals surface area contributed by atoms with Crippen molar-refractivity contribution in [2.24, 2.45) is 5.73 Å². The van der Waals surface area contributed by atoms with Crippen LogP contribution in [0.15, 0.2) is 30.5 Å². The molecule has 0 radical (unpaired) electrons. The lowest BCUT2D eigenvalue weighted by atomic mass is 9.94. The molecule has 6 rings (SSSR count). The summed E-state index contributed by atoms with van der Waals surface area (Å²) in [4.78, 5) is 29.2. The van der Waals surface area contributed by atoms with Crippen LogP contribution in [0, 0.1) is 11.6 Å². The van der Waals surface area contributed by atoms with Crippen LogP contribution in [0.4, 0.5) is 19.4 Å². The van der Waals surface area contributed by atoms with E-state index in [-0.39, 0.29) is 58.1 Å². The number of halogens is 2. The smallest absolute Gasteiger partial charge is 0.505 e. The van der Waals surface area contributed by atoms with Gasteiger partial charge >= 0.3 is 12.2 Å². The number of phenolic OH excluding ortho intramolecular Hbond substituents is 1. The van der Waals surface area contributed by atoms with Crippen molar-refractivity contribution in [2.75, 3.05) is 50.8 Å². The molecular weight excluding hydrogens is 622 g/mol. The molecule has 4 aromatic rings. The molecule has 2 aliphatic heterocycles. The van der Waals surface area contributed by atoms with Gasteiger partial charge in [-0.2, -0.15) is 9.97 Å². The first-order chi connectivity index (χ1) is 23.2. The Morgan fingerprint density at radius 3 is 2.58 bits per heavy atom. The molecule has 0 amide bonds. The van der Waals surface area contributed by atoms with Gasteiger partial charge in [0, 0.05) is 31.3 Å². The lowest BCUT2D eigenvalue weighted by Gasteiger charge is -2.31. The van der Waals surface area contributed by atoms with E-state index >= 15 is 8.78 Å². The molecule has 4 heterocycles. The van der Waals surface area contributed by atoms with E-state index in [9.17, 15) is 9.90 Å². The number of benzene rings is 2. The summed E-state index contributed by atoms with van der Waals surface area (Å²) in [6.07, 6.45) is 4.81. The molecule has 0 spiro atoms. The number of hydrogen-bond acceptors (Lipinski definition) is 10. The van der Waals surface area contributed by atoms with Gasteiger partial charge in [0.15, 0.2) is 5.82 Å². The predicted molar refractivity (Wildman–Crippen MR) is 181 cm³/mol. The lowest BCUT2D eigenvalue weighted by molar-refractivity contribution is 0.0925. The number of aromatic hydroxyl groups is 1. The van der Waals surface area contributed by atoms with Crippen LogP contribution < -0.4 is 15.4 Å². The van der Waals surface area contributed by atoms with E-state index in [0.717, 1.165) is 38.8 Å². The molecule has 2 aromatic heterocycles. The van der Waals surface area contributed by atoms with Gasteiger partial charge in [0.1, 0.15) is 35.2 Å². The average Bonchev–Trinajstić information content (AvgIpc) is 3.67. The molecule has 2 fully saturated rings. The molecule has 2 aliphatic rings. The van der Waals surface area contributed by atoms with Crippen molar-refractivity contribution in [3.63, 3.8) is 0 Å². The quantitative estimate of drug-likeness (QED) is 0.147. The average molecular weight is 667 g/mol. The van der Waals surface area contributed by atoms with Gasteiger partial charge in [-0.25, -0.2) is 13.6 Å². The van der Waals surface area contributed by atoms with Gasteiger partial charge in [-0.3, -0.25) is 9.88 Å². The Balaban J connectivity index is 0.00000221. The van der Waals surface area contributed by atoms with Gasteiger partial charge in [-0.1, -0.05) is 19.9 Å². The minimum atomic E-state index is -1.49. The van der Waals surface area contributed by atoms with E-state index in [1.807, 2.05) is 25.7 Å². The van der Waals surface area contributed by atoms with Crippen molar-refractivity contribution < 1.29 is 33.3 Å². The lowest BCUT2D eigenvalue weighted by Crippen LogP contribution is -2.43. The number of phenols is 1. The van der Waals surface area contributed by atoms with Crippen LogP contribution >= 0.6 is 0 Å². The highest BCUT2D eigenvalue weighted by Gasteiger charge is 2.45. The van der Waals surface area contributed by atoms with Crippen LogP contribution in [-0.4, -0.2) is 87.7 Å². The van der Waals surface area contributed by atoms with Gasteiger partial charge in [0.2, 0.25) is 0 Å². The zero-order valence-electron chi connectivity index (χ0n) is 27.8. The Kier molecular flexibility index (Phi) is 11.1. The number of aromatic nitrogens is 3. The molecule has 48 heavy (non-hydrogen) atoms. The number of hydrogen-bond donors (Lipinski definition) is 3. The highest BCUT2D eigenvalue weighted by Crippen LogP contribution is 2.41.